The maximum Gasteiger partial charge on any atom is 0.243 e. The van der Waals surface area contributed by atoms with Crippen molar-refractivity contribution in [1.29, 1.82) is 0 Å². The van der Waals surface area contributed by atoms with Crippen LogP contribution in [0.25, 0.3) is 0 Å². The topological polar surface area (TPSA) is 58.2 Å². The fourth-order valence-corrected chi connectivity index (χ4v) is 1.10. The van der Waals surface area contributed by atoms with Gasteiger partial charge in [0.05, 0.1) is 0 Å². The summed E-state index contributed by atoms with van der Waals surface area (Å²) in [6, 6.07) is 9.37. The maximum absolute atomic E-state index is 10.5. The number of nitrogens with one attached hydrogen (secondary N) is 2. The minimum atomic E-state index is -0.0938. The minimum absolute atomic E-state index is 0.0359. The second kappa shape index (κ2) is 9.88. The van der Waals surface area contributed by atoms with Gasteiger partial charge in [-0.15, -0.1) is 0 Å². The number of anilines is 1. The first kappa shape index (κ1) is 16.9. The summed E-state index contributed by atoms with van der Waals surface area (Å²) in [7, 11) is 0. The molecule has 0 aliphatic rings. The molecule has 0 unspecified atom stereocenters. The minimum Gasteiger partial charge on any atom is -0.352 e. The molecule has 104 valence electrons. The predicted molar refractivity (Wildman–Crippen MR) is 78.8 cm³/mol. The molecule has 0 atom stereocenters. The van der Waals surface area contributed by atoms with Crippen molar-refractivity contribution in [3.8, 4) is 0 Å². The lowest BCUT2D eigenvalue weighted by molar-refractivity contribution is -0.116. The van der Waals surface area contributed by atoms with Gasteiger partial charge < -0.3 is 10.6 Å². The normalized spacial score (nSPS) is 9.05. The zero-order valence-corrected chi connectivity index (χ0v) is 11.8. The van der Waals surface area contributed by atoms with Crippen molar-refractivity contribution in [2.75, 3.05) is 11.9 Å². The number of carbonyl (C=O) groups excluding carboxylic acids is 2. The van der Waals surface area contributed by atoms with Gasteiger partial charge in [-0.2, -0.15) is 0 Å². The molecule has 4 heteroatoms. The average Bonchev–Trinajstić information content (AvgIpc) is 2.37. The van der Waals surface area contributed by atoms with E-state index in [9.17, 15) is 9.59 Å². The highest BCUT2D eigenvalue weighted by atomic mass is 16.2. The van der Waals surface area contributed by atoms with Gasteiger partial charge in [0.2, 0.25) is 11.8 Å². The largest absolute Gasteiger partial charge is 0.352 e. The van der Waals surface area contributed by atoms with E-state index in [4.69, 9.17) is 0 Å². The number of hydrogen-bond donors (Lipinski definition) is 2. The van der Waals surface area contributed by atoms with Crippen LogP contribution in [0.15, 0.2) is 43.0 Å². The van der Waals surface area contributed by atoms with Crippen LogP contribution >= 0.6 is 0 Å². The molecule has 0 spiro atoms. The Morgan fingerprint density at radius 3 is 2.26 bits per heavy atom. The van der Waals surface area contributed by atoms with E-state index in [0.29, 0.717) is 5.92 Å². The second-order valence-electron chi connectivity index (χ2n) is 4.39. The van der Waals surface area contributed by atoms with Crippen molar-refractivity contribution in [3.05, 3.63) is 43.0 Å². The fourth-order valence-electron chi connectivity index (χ4n) is 1.10. The van der Waals surface area contributed by atoms with Gasteiger partial charge in [-0.25, -0.2) is 0 Å². The Morgan fingerprint density at radius 1 is 1.26 bits per heavy atom. The number of hydrogen-bond acceptors (Lipinski definition) is 2. The van der Waals surface area contributed by atoms with Gasteiger partial charge in [0.15, 0.2) is 0 Å². The van der Waals surface area contributed by atoms with E-state index >= 15 is 0 Å². The lowest BCUT2D eigenvalue weighted by Crippen LogP contribution is -2.24. The smallest absolute Gasteiger partial charge is 0.243 e. The molecule has 19 heavy (non-hydrogen) atoms. The SMILES string of the molecule is C=CC(=O)NCC(C)C.CC(=O)Nc1ccccc1. The fraction of sp³-hybridized carbons (Fsp3) is 0.333. The number of benzene rings is 1. The third-order valence-corrected chi connectivity index (χ3v) is 1.96. The molecule has 0 heterocycles. The van der Waals surface area contributed by atoms with Crippen LogP contribution in [0.1, 0.15) is 20.8 Å². The van der Waals surface area contributed by atoms with Crippen LogP contribution in [0.2, 0.25) is 0 Å². The van der Waals surface area contributed by atoms with Crippen molar-refractivity contribution >= 4 is 17.5 Å². The maximum atomic E-state index is 10.5. The lowest BCUT2D eigenvalue weighted by atomic mass is 10.2. The van der Waals surface area contributed by atoms with Gasteiger partial charge in [-0.05, 0) is 24.1 Å². The first-order valence-corrected chi connectivity index (χ1v) is 6.18. The molecule has 0 saturated heterocycles. The molecule has 0 aliphatic heterocycles. The van der Waals surface area contributed by atoms with Gasteiger partial charge in [0, 0.05) is 19.2 Å². The molecule has 1 aromatic rings. The van der Waals surface area contributed by atoms with Crippen molar-refractivity contribution < 1.29 is 9.59 Å². The van der Waals surface area contributed by atoms with Crippen molar-refractivity contribution in [1.82, 2.24) is 5.32 Å². The second-order valence-corrected chi connectivity index (χ2v) is 4.39. The van der Waals surface area contributed by atoms with Gasteiger partial charge >= 0.3 is 0 Å². The molecular weight excluding hydrogens is 240 g/mol. The Labute approximate surface area is 114 Å². The van der Waals surface area contributed by atoms with E-state index in [1.807, 2.05) is 44.2 Å². The number of carbonyl (C=O) groups is 2. The Bertz CT molecular complexity index is 400. The Kier molecular flexibility index (Phi) is 8.79. The van der Waals surface area contributed by atoms with E-state index in [0.717, 1.165) is 12.2 Å². The summed E-state index contributed by atoms with van der Waals surface area (Å²) in [6.45, 7) is 9.64. The molecule has 0 radical (unpaired) electrons. The molecule has 1 aromatic carbocycles. The Balaban J connectivity index is 0.000000344. The van der Waals surface area contributed by atoms with Gasteiger partial charge in [-0.1, -0.05) is 38.6 Å². The first-order valence-electron chi connectivity index (χ1n) is 6.18. The third-order valence-electron chi connectivity index (χ3n) is 1.96. The quantitative estimate of drug-likeness (QED) is 0.819. The standard InChI is InChI=1S/C8H9NO.C7H13NO/c1-7(10)9-8-5-3-2-4-6-8;1-4-7(9)8-5-6(2)3/h2-6H,1H3,(H,9,10);4,6H,1,5H2,2-3H3,(H,8,9). The van der Waals surface area contributed by atoms with Crippen LogP contribution in [0.5, 0.6) is 0 Å². The van der Waals surface area contributed by atoms with Gasteiger partial charge in [0.1, 0.15) is 0 Å². The highest BCUT2D eigenvalue weighted by molar-refractivity contribution is 5.88. The molecule has 1 rings (SSSR count). The molecule has 0 fully saturated rings. The van der Waals surface area contributed by atoms with Crippen LogP contribution in [-0.2, 0) is 9.59 Å². The molecule has 4 nitrogen and oxygen atoms in total. The summed E-state index contributed by atoms with van der Waals surface area (Å²) in [4.78, 5) is 21.0. The van der Waals surface area contributed by atoms with E-state index in [1.165, 1.54) is 13.0 Å². The van der Waals surface area contributed by atoms with Crippen LogP contribution < -0.4 is 10.6 Å². The van der Waals surface area contributed by atoms with E-state index in [1.54, 1.807) is 0 Å². The van der Waals surface area contributed by atoms with Crippen molar-refractivity contribution in [2.45, 2.75) is 20.8 Å². The van der Waals surface area contributed by atoms with Crippen LogP contribution in [0.3, 0.4) is 0 Å². The summed E-state index contributed by atoms with van der Waals surface area (Å²) in [5.74, 6) is 0.379. The van der Waals surface area contributed by atoms with E-state index in [2.05, 4.69) is 17.2 Å². The third kappa shape index (κ3) is 10.8. The molecule has 2 amide bonds. The summed E-state index contributed by atoms with van der Waals surface area (Å²) >= 11 is 0. The average molecular weight is 262 g/mol. The molecule has 2 N–H and O–H groups in total. The monoisotopic (exact) mass is 262 g/mol. The zero-order chi connectivity index (χ0) is 14.7. The first-order chi connectivity index (χ1) is 8.95. The summed E-state index contributed by atoms with van der Waals surface area (Å²) < 4.78 is 0. The van der Waals surface area contributed by atoms with Crippen molar-refractivity contribution in [3.63, 3.8) is 0 Å². The Morgan fingerprint density at radius 2 is 1.84 bits per heavy atom. The molecule has 0 saturated carbocycles. The molecular formula is C15H22N2O2. The van der Waals surface area contributed by atoms with Crippen LogP contribution in [-0.4, -0.2) is 18.4 Å². The van der Waals surface area contributed by atoms with Crippen molar-refractivity contribution in [2.24, 2.45) is 5.92 Å². The molecule has 0 aliphatic carbocycles. The highest BCUT2D eigenvalue weighted by Crippen LogP contribution is 2.03. The summed E-state index contributed by atoms with van der Waals surface area (Å²) in [6.07, 6.45) is 1.28. The molecule has 0 aromatic heterocycles. The van der Waals surface area contributed by atoms with E-state index < -0.39 is 0 Å². The molecule has 0 bridgehead atoms. The highest BCUT2D eigenvalue weighted by Gasteiger charge is 1.94. The predicted octanol–water partition coefficient (Wildman–Crippen LogP) is 2.59. The number of para-hydroxylation sites is 1. The van der Waals surface area contributed by atoms with Gasteiger partial charge in [-0.3, -0.25) is 9.59 Å². The lowest BCUT2D eigenvalue weighted by Gasteiger charge is -2.03. The zero-order valence-electron chi connectivity index (χ0n) is 11.8. The number of rotatable bonds is 4. The van der Waals surface area contributed by atoms with Crippen LogP contribution in [0, 0.1) is 5.92 Å². The summed E-state index contributed by atoms with van der Waals surface area (Å²) in [5, 5.41) is 5.34. The summed E-state index contributed by atoms with van der Waals surface area (Å²) in [5.41, 5.74) is 0.843. The number of amides is 2. The Hall–Kier alpha value is -2.10. The van der Waals surface area contributed by atoms with E-state index in [-0.39, 0.29) is 11.8 Å². The van der Waals surface area contributed by atoms with Gasteiger partial charge in [0.25, 0.3) is 0 Å². The van der Waals surface area contributed by atoms with Crippen LogP contribution in [0.4, 0.5) is 5.69 Å².